The molecular weight excluding hydrogens is 440 g/mol. The maximum Gasteiger partial charge on any atom is 0.270 e. The van der Waals surface area contributed by atoms with Gasteiger partial charge in [-0.1, -0.05) is 54.3 Å². The van der Waals surface area contributed by atoms with Crippen LogP contribution < -0.4 is 10.5 Å². The SMILES string of the molecule is Cc1c(/C=C2\SC(=S)N([C@H](C)c3ccccc3)C2=O)c(N2CCCC2)n(C)c(=O)c1C#N. The number of benzene rings is 1. The highest BCUT2D eigenvalue weighted by molar-refractivity contribution is 8.26. The van der Waals surface area contributed by atoms with E-state index in [2.05, 4.69) is 4.90 Å². The third-order valence-corrected chi connectivity index (χ3v) is 7.47. The van der Waals surface area contributed by atoms with Gasteiger partial charge in [-0.2, -0.15) is 5.26 Å². The summed E-state index contributed by atoms with van der Waals surface area (Å²) in [5.41, 5.74) is 2.13. The van der Waals surface area contributed by atoms with Crippen molar-refractivity contribution in [3.63, 3.8) is 0 Å². The maximum atomic E-state index is 13.4. The van der Waals surface area contributed by atoms with Crippen molar-refractivity contribution in [2.24, 2.45) is 7.05 Å². The Morgan fingerprint density at radius 3 is 2.47 bits per heavy atom. The minimum Gasteiger partial charge on any atom is -0.357 e. The van der Waals surface area contributed by atoms with Gasteiger partial charge in [-0.05, 0) is 43.9 Å². The Hall–Kier alpha value is -2.89. The van der Waals surface area contributed by atoms with Gasteiger partial charge in [0.2, 0.25) is 0 Å². The van der Waals surface area contributed by atoms with Crippen molar-refractivity contribution >= 4 is 46.1 Å². The van der Waals surface area contributed by atoms with Gasteiger partial charge in [0.1, 0.15) is 21.8 Å². The molecule has 0 bridgehead atoms. The van der Waals surface area contributed by atoms with Crippen LogP contribution in [0.1, 0.15) is 48.1 Å². The van der Waals surface area contributed by atoms with Gasteiger partial charge in [0.15, 0.2) is 0 Å². The summed E-state index contributed by atoms with van der Waals surface area (Å²) in [5.74, 6) is 0.598. The molecule has 2 aliphatic heterocycles. The Kier molecular flexibility index (Phi) is 6.22. The number of carbonyl (C=O) groups excluding carboxylic acids is 1. The first-order valence-electron chi connectivity index (χ1n) is 10.6. The zero-order valence-electron chi connectivity index (χ0n) is 18.3. The Morgan fingerprint density at radius 1 is 1.19 bits per heavy atom. The molecule has 0 unspecified atom stereocenters. The van der Waals surface area contributed by atoms with Crippen LogP contribution in [0.4, 0.5) is 5.82 Å². The van der Waals surface area contributed by atoms with Crippen LogP contribution in [0.25, 0.3) is 6.08 Å². The molecular formula is C24H24N4O2S2. The lowest BCUT2D eigenvalue weighted by Gasteiger charge is -2.25. The lowest BCUT2D eigenvalue weighted by atomic mass is 10.0. The van der Waals surface area contributed by atoms with Crippen molar-refractivity contribution in [2.75, 3.05) is 18.0 Å². The molecule has 2 fully saturated rings. The summed E-state index contributed by atoms with van der Waals surface area (Å²) in [7, 11) is 1.69. The molecule has 1 aromatic carbocycles. The first-order valence-corrected chi connectivity index (χ1v) is 11.8. The topological polar surface area (TPSA) is 69.3 Å². The first kappa shape index (κ1) is 22.3. The number of thioether (sulfide) groups is 1. The van der Waals surface area contributed by atoms with E-state index in [-0.39, 0.29) is 23.1 Å². The maximum absolute atomic E-state index is 13.4. The second kappa shape index (κ2) is 8.93. The summed E-state index contributed by atoms with van der Waals surface area (Å²) in [4.78, 5) is 30.5. The molecule has 1 atom stereocenters. The van der Waals surface area contributed by atoms with E-state index in [0.29, 0.717) is 14.8 Å². The lowest BCUT2D eigenvalue weighted by Crippen LogP contribution is -2.32. The van der Waals surface area contributed by atoms with E-state index in [0.717, 1.165) is 42.9 Å². The van der Waals surface area contributed by atoms with Crippen molar-refractivity contribution in [1.29, 1.82) is 5.26 Å². The number of pyridine rings is 1. The molecule has 164 valence electrons. The summed E-state index contributed by atoms with van der Waals surface area (Å²) in [5, 5.41) is 9.60. The first-order chi connectivity index (χ1) is 15.3. The van der Waals surface area contributed by atoms with E-state index >= 15 is 0 Å². The van der Waals surface area contributed by atoms with Crippen molar-refractivity contribution in [3.05, 3.63) is 67.8 Å². The molecule has 8 heteroatoms. The zero-order chi connectivity index (χ0) is 23.0. The van der Waals surface area contributed by atoms with Crippen LogP contribution in [0.15, 0.2) is 40.0 Å². The van der Waals surface area contributed by atoms with Crippen molar-refractivity contribution < 1.29 is 4.79 Å². The number of rotatable bonds is 4. The fraction of sp³-hybridized carbons (Fsp3) is 0.333. The van der Waals surface area contributed by atoms with Crippen LogP contribution in [-0.4, -0.2) is 32.8 Å². The Bertz CT molecular complexity index is 1220. The smallest absolute Gasteiger partial charge is 0.270 e. The number of hydrogen-bond donors (Lipinski definition) is 0. The van der Waals surface area contributed by atoms with E-state index < -0.39 is 0 Å². The van der Waals surface area contributed by atoms with E-state index in [1.165, 1.54) is 16.3 Å². The Labute approximate surface area is 197 Å². The predicted molar refractivity (Wildman–Crippen MR) is 132 cm³/mol. The highest BCUT2D eigenvalue weighted by atomic mass is 32.2. The summed E-state index contributed by atoms with van der Waals surface area (Å²) < 4.78 is 2.04. The van der Waals surface area contributed by atoms with Gasteiger partial charge in [-0.15, -0.1) is 0 Å². The highest BCUT2D eigenvalue weighted by Crippen LogP contribution is 2.39. The monoisotopic (exact) mass is 464 g/mol. The van der Waals surface area contributed by atoms with Gasteiger partial charge in [-0.25, -0.2) is 0 Å². The summed E-state index contributed by atoms with van der Waals surface area (Å²) in [6.45, 7) is 5.42. The van der Waals surface area contributed by atoms with Crippen LogP contribution in [-0.2, 0) is 11.8 Å². The van der Waals surface area contributed by atoms with Gasteiger partial charge >= 0.3 is 0 Å². The van der Waals surface area contributed by atoms with E-state index in [4.69, 9.17) is 12.2 Å². The van der Waals surface area contributed by atoms with E-state index in [1.807, 2.05) is 43.3 Å². The molecule has 0 aliphatic carbocycles. The standard InChI is InChI=1S/C24H24N4O2S2/c1-15-18(21(27-11-7-8-12-27)26(3)22(29)19(15)14-25)13-20-23(30)28(24(31)32-20)16(2)17-9-5-4-6-10-17/h4-6,9-10,13,16H,7-8,11-12H2,1-3H3/b20-13-/t16-/m1/s1. The number of nitrogens with zero attached hydrogens (tertiary/aromatic N) is 4. The van der Waals surface area contributed by atoms with Gasteiger partial charge in [-0.3, -0.25) is 19.1 Å². The average molecular weight is 465 g/mol. The van der Waals surface area contributed by atoms with Crippen molar-refractivity contribution in [1.82, 2.24) is 9.47 Å². The van der Waals surface area contributed by atoms with Crippen LogP contribution >= 0.6 is 24.0 Å². The third-order valence-electron chi connectivity index (χ3n) is 6.14. The predicted octanol–water partition coefficient (Wildman–Crippen LogP) is 4.13. The normalized spacial score (nSPS) is 18.5. The molecule has 2 aromatic rings. The number of anilines is 1. The van der Waals surface area contributed by atoms with Crippen LogP contribution in [0.3, 0.4) is 0 Å². The molecule has 2 saturated heterocycles. The molecule has 2 aliphatic rings. The van der Waals surface area contributed by atoms with Crippen LogP contribution in [0.5, 0.6) is 0 Å². The molecule has 3 heterocycles. The largest absolute Gasteiger partial charge is 0.357 e. The molecule has 1 amide bonds. The van der Waals surface area contributed by atoms with E-state index in [9.17, 15) is 14.9 Å². The highest BCUT2D eigenvalue weighted by Gasteiger charge is 2.36. The summed E-state index contributed by atoms with van der Waals surface area (Å²) in [6.07, 6.45) is 3.90. The second-order valence-corrected chi connectivity index (χ2v) is 9.72. The van der Waals surface area contributed by atoms with Gasteiger partial charge in [0.05, 0.1) is 10.9 Å². The quantitative estimate of drug-likeness (QED) is 0.501. The molecule has 0 spiro atoms. The molecule has 0 saturated carbocycles. The molecule has 0 radical (unpaired) electrons. The Morgan fingerprint density at radius 2 is 1.84 bits per heavy atom. The third kappa shape index (κ3) is 3.76. The second-order valence-electron chi connectivity index (χ2n) is 8.05. The zero-order valence-corrected chi connectivity index (χ0v) is 19.9. The number of carbonyl (C=O) groups is 1. The number of hydrogen-bond acceptors (Lipinski definition) is 6. The average Bonchev–Trinajstić information content (AvgIpc) is 3.41. The van der Waals surface area contributed by atoms with Crippen LogP contribution in [0, 0.1) is 18.3 Å². The van der Waals surface area contributed by atoms with Crippen LogP contribution in [0.2, 0.25) is 0 Å². The van der Waals surface area contributed by atoms with Gasteiger partial charge in [0, 0.05) is 25.7 Å². The molecule has 6 nitrogen and oxygen atoms in total. The molecule has 32 heavy (non-hydrogen) atoms. The molecule has 4 rings (SSSR count). The molecule has 1 aromatic heterocycles. The summed E-state index contributed by atoms with van der Waals surface area (Å²) >= 11 is 6.83. The van der Waals surface area contributed by atoms with Crippen molar-refractivity contribution in [2.45, 2.75) is 32.7 Å². The number of thiocarbonyl (C=S) groups is 1. The fourth-order valence-electron chi connectivity index (χ4n) is 4.35. The van der Waals surface area contributed by atoms with E-state index in [1.54, 1.807) is 24.9 Å². The minimum absolute atomic E-state index is 0.106. The van der Waals surface area contributed by atoms with Crippen molar-refractivity contribution in [3.8, 4) is 6.07 Å². The Balaban J connectivity index is 1.81. The van der Waals surface area contributed by atoms with Gasteiger partial charge in [0.25, 0.3) is 11.5 Å². The molecule has 0 N–H and O–H groups in total. The van der Waals surface area contributed by atoms with Gasteiger partial charge < -0.3 is 4.90 Å². The lowest BCUT2D eigenvalue weighted by molar-refractivity contribution is -0.123. The number of aromatic nitrogens is 1. The number of amides is 1. The fourth-order valence-corrected chi connectivity index (χ4v) is 5.75. The minimum atomic E-state index is -0.311. The summed E-state index contributed by atoms with van der Waals surface area (Å²) in [6, 6.07) is 11.6. The number of nitriles is 1.